The van der Waals surface area contributed by atoms with Gasteiger partial charge in [-0.3, -0.25) is 4.79 Å². The van der Waals surface area contributed by atoms with Crippen molar-refractivity contribution in [2.75, 3.05) is 60.2 Å². The molecule has 0 N–H and O–H groups in total. The first-order chi connectivity index (χ1) is 12.1. The summed E-state index contributed by atoms with van der Waals surface area (Å²) in [7, 11) is 3.55. The van der Waals surface area contributed by atoms with E-state index >= 15 is 0 Å². The molecule has 0 aliphatic carbocycles. The molecule has 1 atom stereocenters. The van der Waals surface area contributed by atoms with Crippen LogP contribution in [-0.4, -0.2) is 75.9 Å². The Kier molecular flexibility index (Phi) is 6.15. The van der Waals surface area contributed by atoms with Gasteiger partial charge in [0.25, 0.3) is 5.91 Å². The largest absolute Gasteiger partial charge is 0.384 e. The third kappa shape index (κ3) is 4.08. The van der Waals surface area contributed by atoms with Crippen molar-refractivity contribution in [2.24, 2.45) is 11.3 Å². The van der Waals surface area contributed by atoms with Crippen LogP contribution in [0.2, 0.25) is 0 Å². The van der Waals surface area contributed by atoms with E-state index in [4.69, 9.17) is 9.47 Å². The molecule has 2 aliphatic rings. The lowest BCUT2D eigenvalue weighted by atomic mass is 9.71. The van der Waals surface area contributed by atoms with E-state index in [-0.39, 0.29) is 11.3 Å². The molecular weight excluding hydrogens is 336 g/mol. The minimum atomic E-state index is 0.200. The minimum absolute atomic E-state index is 0.200. The maximum atomic E-state index is 12.7. The molecule has 3 rings (SSSR count). The van der Waals surface area contributed by atoms with Crippen molar-refractivity contribution in [1.82, 2.24) is 9.80 Å². The lowest BCUT2D eigenvalue weighted by Crippen LogP contribution is -2.47. The number of hydrogen-bond acceptors (Lipinski definition) is 5. The Bertz CT molecular complexity index is 581. The lowest BCUT2D eigenvalue weighted by Gasteiger charge is -2.42. The molecule has 2 saturated heterocycles. The van der Waals surface area contributed by atoms with Gasteiger partial charge >= 0.3 is 0 Å². The molecule has 1 aromatic rings. The van der Waals surface area contributed by atoms with E-state index in [1.807, 2.05) is 17.0 Å². The highest BCUT2D eigenvalue weighted by Gasteiger charge is 2.48. The number of piperidine rings is 1. The average molecular weight is 367 g/mol. The van der Waals surface area contributed by atoms with Crippen molar-refractivity contribution in [3.05, 3.63) is 21.9 Å². The second-order valence-electron chi connectivity index (χ2n) is 7.45. The van der Waals surface area contributed by atoms with Crippen molar-refractivity contribution in [3.8, 4) is 0 Å². The summed E-state index contributed by atoms with van der Waals surface area (Å²) >= 11 is 1.60. The van der Waals surface area contributed by atoms with Crippen LogP contribution in [0.1, 0.15) is 27.4 Å². The molecule has 3 heterocycles. The number of ether oxygens (including phenoxy) is 2. The van der Waals surface area contributed by atoms with Crippen LogP contribution in [0.3, 0.4) is 0 Å². The first-order valence-corrected chi connectivity index (χ1v) is 9.95. The molecular formula is C19H30N2O3S. The fourth-order valence-corrected chi connectivity index (χ4v) is 5.23. The highest BCUT2D eigenvalue weighted by atomic mass is 32.1. The van der Waals surface area contributed by atoms with E-state index in [9.17, 15) is 4.79 Å². The Morgan fingerprint density at radius 1 is 1.28 bits per heavy atom. The number of carbonyl (C=O) groups excluding carboxylic acids is 1. The topological polar surface area (TPSA) is 42.0 Å². The minimum Gasteiger partial charge on any atom is -0.384 e. The first-order valence-electron chi connectivity index (χ1n) is 9.14. The lowest BCUT2D eigenvalue weighted by molar-refractivity contribution is 0.0323. The quantitative estimate of drug-likeness (QED) is 0.776. The SMILES string of the molecule is COCCN1C[C@H](COC)C2(CCN(C(=O)c3ccc(C)s3)CC2)C1. The summed E-state index contributed by atoms with van der Waals surface area (Å²) in [6.45, 7) is 8.51. The zero-order valence-electron chi connectivity index (χ0n) is 15.6. The van der Waals surface area contributed by atoms with E-state index in [1.165, 1.54) is 4.88 Å². The number of aryl methyl sites for hydroxylation is 1. The van der Waals surface area contributed by atoms with Crippen molar-refractivity contribution >= 4 is 17.2 Å². The summed E-state index contributed by atoms with van der Waals surface area (Å²) in [6.07, 6.45) is 2.14. The van der Waals surface area contributed by atoms with Gasteiger partial charge in [0.05, 0.1) is 18.1 Å². The number of likely N-dealkylation sites (tertiary alicyclic amines) is 2. The van der Waals surface area contributed by atoms with Crippen LogP contribution in [-0.2, 0) is 9.47 Å². The third-order valence-corrected chi connectivity index (χ3v) is 6.85. The van der Waals surface area contributed by atoms with Crippen molar-refractivity contribution in [2.45, 2.75) is 19.8 Å². The van der Waals surface area contributed by atoms with Gasteiger partial charge in [-0.05, 0) is 37.3 Å². The van der Waals surface area contributed by atoms with Crippen LogP contribution >= 0.6 is 11.3 Å². The molecule has 0 aromatic carbocycles. The normalized spacial score (nSPS) is 23.5. The summed E-state index contributed by atoms with van der Waals surface area (Å²) in [5, 5.41) is 0. The number of amides is 1. The highest BCUT2D eigenvalue weighted by Crippen LogP contribution is 2.45. The first kappa shape index (κ1) is 18.8. The highest BCUT2D eigenvalue weighted by molar-refractivity contribution is 7.13. The second-order valence-corrected chi connectivity index (χ2v) is 8.73. The number of hydrogen-bond donors (Lipinski definition) is 0. The van der Waals surface area contributed by atoms with Crippen LogP contribution in [0.4, 0.5) is 0 Å². The molecule has 1 spiro atoms. The summed E-state index contributed by atoms with van der Waals surface area (Å²) < 4.78 is 10.8. The zero-order chi connectivity index (χ0) is 17.9. The molecule has 5 nitrogen and oxygen atoms in total. The second kappa shape index (κ2) is 8.16. The van der Waals surface area contributed by atoms with Crippen LogP contribution in [0.5, 0.6) is 0 Å². The number of rotatable bonds is 6. The van der Waals surface area contributed by atoms with Crippen molar-refractivity contribution < 1.29 is 14.3 Å². The third-order valence-electron chi connectivity index (χ3n) is 5.86. The van der Waals surface area contributed by atoms with E-state index in [1.54, 1.807) is 25.6 Å². The van der Waals surface area contributed by atoms with Gasteiger partial charge in [-0.25, -0.2) is 0 Å². The Labute approximate surface area is 154 Å². The Hall–Kier alpha value is -0.950. The molecule has 0 saturated carbocycles. The molecule has 0 bridgehead atoms. The summed E-state index contributed by atoms with van der Waals surface area (Å²) in [4.78, 5) is 19.3. The predicted molar refractivity (Wildman–Crippen MR) is 100 cm³/mol. The fraction of sp³-hybridized carbons (Fsp3) is 0.737. The maximum absolute atomic E-state index is 12.7. The van der Waals surface area contributed by atoms with Crippen molar-refractivity contribution in [1.29, 1.82) is 0 Å². The van der Waals surface area contributed by atoms with Gasteiger partial charge in [-0.1, -0.05) is 0 Å². The molecule has 0 radical (unpaired) electrons. The van der Waals surface area contributed by atoms with Gasteiger partial charge in [0, 0.05) is 57.7 Å². The Balaban J connectivity index is 1.63. The van der Waals surface area contributed by atoms with Crippen LogP contribution in [0.15, 0.2) is 12.1 Å². The van der Waals surface area contributed by atoms with E-state index in [0.717, 1.165) is 63.7 Å². The van der Waals surface area contributed by atoms with Crippen LogP contribution in [0.25, 0.3) is 0 Å². The van der Waals surface area contributed by atoms with Crippen LogP contribution in [0, 0.1) is 18.3 Å². The smallest absolute Gasteiger partial charge is 0.263 e. The number of thiophene rings is 1. The molecule has 140 valence electrons. The molecule has 2 aliphatic heterocycles. The van der Waals surface area contributed by atoms with E-state index < -0.39 is 0 Å². The molecule has 6 heteroatoms. The van der Waals surface area contributed by atoms with Gasteiger partial charge in [-0.2, -0.15) is 0 Å². The number of nitrogens with zero attached hydrogens (tertiary/aromatic N) is 2. The summed E-state index contributed by atoms with van der Waals surface area (Å²) in [5.74, 6) is 0.751. The Morgan fingerprint density at radius 2 is 2.04 bits per heavy atom. The molecule has 1 amide bonds. The fourth-order valence-electron chi connectivity index (χ4n) is 4.39. The Morgan fingerprint density at radius 3 is 2.64 bits per heavy atom. The zero-order valence-corrected chi connectivity index (χ0v) is 16.4. The average Bonchev–Trinajstić information content (AvgIpc) is 3.18. The number of carbonyl (C=O) groups is 1. The summed E-state index contributed by atoms with van der Waals surface area (Å²) in [5.41, 5.74) is 0.284. The van der Waals surface area contributed by atoms with Crippen LogP contribution < -0.4 is 0 Å². The molecule has 2 fully saturated rings. The maximum Gasteiger partial charge on any atom is 0.263 e. The van der Waals surface area contributed by atoms with Gasteiger partial charge < -0.3 is 19.3 Å². The van der Waals surface area contributed by atoms with Gasteiger partial charge in [0.15, 0.2) is 0 Å². The monoisotopic (exact) mass is 366 g/mol. The van der Waals surface area contributed by atoms with Gasteiger partial charge in [0.1, 0.15) is 0 Å². The molecule has 1 aromatic heterocycles. The predicted octanol–water partition coefficient (Wildman–Crippen LogP) is 2.50. The molecule has 0 unspecified atom stereocenters. The van der Waals surface area contributed by atoms with E-state index in [0.29, 0.717) is 5.92 Å². The summed E-state index contributed by atoms with van der Waals surface area (Å²) in [6, 6.07) is 3.99. The van der Waals surface area contributed by atoms with Gasteiger partial charge in [0.2, 0.25) is 0 Å². The standard InChI is InChI=1S/C19H30N2O3S/c1-15-4-5-17(25-15)18(22)21-8-6-19(7-9-21)14-20(10-11-23-2)12-16(19)13-24-3/h4-5,16H,6-14H2,1-3H3/t16-/m1/s1. The van der Waals surface area contributed by atoms with Crippen molar-refractivity contribution in [3.63, 3.8) is 0 Å². The van der Waals surface area contributed by atoms with Gasteiger partial charge in [-0.15, -0.1) is 11.3 Å². The number of methoxy groups -OCH3 is 2. The molecule has 25 heavy (non-hydrogen) atoms. The van der Waals surface area contributed by atoms with E-state index in [2.05, 4.69) is 11.8 Å².